The molecule has 1 atom stereocenters. The van der Waals surface area contributed by atoms with Crippen LogP contribution in [0.1, 0.15) is 30.1 Å². The van der Waals surface area contributed by atoms with Gasteiger partial charge < -0.3 is 25.0 Å². The maximum atomic E-state index is 11.6. The van der Waals surface area contributed by atoms with Crippen LogP contribution in [-0.2, 0) is 22.6 Å². The molecule has 2 aliphatic rings. The minimum atomic E-state index is -0.957. The van der Waals surface area contributed by atoms with Gasteiger partial charge in [0.2, 0.25) is 0 Å². The summed E-state index contributed by atoms with van der Waals surface area (Å²) in [4.78, 5) is 28.6. The van der Waals surface area contributed by atoms with E-state index in [2.05, 4.69) is 4.98 Å². The molecular weight excluding hydrogens is 288 g/mol. The number of fused-ring (bicyclic) bond motifs is 1. The van der Waals surface area contributed by atoms with E-state index in [4.69, 9.17) is 10.5 Å². The number of amides is 2. The summed E-state index contributed by atoms with van der Waals surface area (Å²) in [5.41, 5.74) is 6.62. The number of ether oxygens (including phenoxy) is 1. The number of carbonyl (C=O) groups excluding carboxylic acids is 1. The Hall–Kier alpha value is -2.09. The molecule has 2 amide bonds. The molecule has 0 aliphatic carbocycles. The summed E-state index contributed by atoms with van der Waals surface area (Å²) < 4.78 is 7.29. The van der Waals surface area contributed by atoms with Crippen molar-refractivity contribution < 1.29 is 19.4 Å². The number of nitrogens with zero attached hydrogens (tertiary/aromatic N) is 3. The molecule has 1 aromatic heterocycles. The zero-order valence-corrected chi connectivity index (χ0v) is 12.3. The van der Waals surface area contributed by atoms with Crippen molar-refractivity contribution in [3.8, 4) is 0 Å². The van der Waals surface area contributed by atoms with E-state index >= 15 is 0 Å². The van der Waals surface area contributed by atoms with Crippen molar-refractivity contribution in [3.05, 3.63) is 17.7 Å². The van der Waals surface area contributed by atoms with Crippen LogP contribution in [0, 0.1) is 5.92 Å². The van der Waals surface area contributed by atoms with Gasteiger partial charge in [-0.25, -0.2) is 9.78 Å². The van der Waals surface area contributed by atoms with Crippen LogP contribution >= 0.6 is 0 Å². The maximum absolute atomic E-state index is 11.6. The Balaban J connectivity index is 1.86. The number of hydrogen-bond acceptors (Lipinski definition) is 4. The number of hydrogen-bond donors (Lipinski definition) is 2. The number of rotatable bonds is 3. The molecule has 0 saturated carbocycles. The minimum Gasteiger partial charge on any atom is -0.481 e. The lowest BCUT2D eigenvalue weighted by molar-refractivity contribution is -0.139. The molecule has 0 radical (unpaired) electrons. The largest absolute Gasteiger partial charge is 0.481 e. The number of primary amides is 1. The summed E-state index contributed by atoms with van der Waals surface area (Å²) in [6, 6.07) is -0.615. The van der Waals surface area contributed by atoms with Gasteiger partial charge in [0.25, 0.3) is 0 Å². The Kier molecular flexibility index (Phi) is 4.02. The van der Waals surface area contributed by atoms with Crippen molar-refractivity contribution in [1.29, 1.82) is 0 Å². The first kappa shape index (κ1) is 14.8. The molecule has 0 aromatic carbocycles. The highest BCUT2D eigenvalue weighted by atomic mass is 16.5. The Labute approximate surface area is 127 Å². The van der Waals surface area contributed by atoms with E-state index in [9.17, 15) is 14.7 Å². The lowest BCUT2D eigenvalue weighted by Crippen LogP contribution is -2.44. The number of aliphatic carboxylic acids is 1. The summed E-state index contributed by atoms with van der Waals surface area (Å²) in [5.74, 6) is -1.27. The van der Waals surface area contributed by atoms with Gasteiger partial charge in [0.05, 0.1) is 24.3 Å². The van der Waals surface area contributed by atoms with Gasteiger partial charge >= 0.3 is 12.0 Å². The second-order valence-corrected chi connectivity index (χ2v) is 5.89. The molecule has 8 heteroatoms. The van der Waals surface area contributed by atoms with Crippen LogP contribution in [-0.4, -0.2) is 51.3 Å². The van der Waals surface area contributed by atoms with Crippen LogP contribution in [0.15, 0.2) is 6.33 Å². The molecule has 3 N–H and O–H groups in total. The van der Waals surface area contributed by atoms with E-state index in [-0.39, 0.29) is 13.1 Å². The van der Waals surface area contributed by atoms with Crippen LogP contribution in [0.5, 0.6) is 0 Å². The van der Waals surface area contributed by atoms with Crippen molar-refractivity contribution in [2.24, 2.45) is 11.7 Å². The summed E-state index contributed by atoms with van der Waals surface area (Å²) in [6.45, 7) is 2.61. The number of carboxylic acids is 1. The Morgan fingerprint density at radius 2 is 2.14 bits per heavy atom. The van der Waals surface area contributed by atoms with Gasteiger partial charge in [-0.1, -0.05) is 0 Å². The molecule has 22 heavy (non-hydrogen) atoms. The second-order valence-electron chi connectivity index (χ2n) is 5.89. The van der Waals surface area contributed by atoms with Crippen molar-refractivity contribution in [1.82, 2.24) is 14.5 Å². The molecule has 0 bridgehead atoms. The molecule has 2 aliphatic heterocycles. The molecular formula is C14H20N4O4. The van der Waals surface area contributed by atoms with E-state index in [1.54, 1.807) is 6.33 Å². The van der Waals surface area contributed by atoms with Crippen LogP contribution in [0.25, 0.3) is 0 Å². The lowest BCUT2D eigenvalue weighted by Gasteiger charge is -2.31. The Morgan fingerprint density at radius 3 is 2.77 bits per heavy atom. The van der Waals surface area contributed by atoms with Crippen molar-refractivity contribution >= 4 is 12.0 Å². The minimum absolute atomic E-state index is 0.0944. The van der Waals surface area contributed by atoms with E-state index < -0.39 is 17.9 Å². The van der Waals surface area contributed by atoms with Gasteiger partial charge in [0.15, 0.2) is 0 Å². The zero-order chi connectivity index (χ0) is 15.7. The average molecular weight is 308 g/mol. The molecule has 1 unspecified atom stereocenters. The van der Waals surface area contributed by atoms with Gasteiger partial charge in [-0.15, -0.1) is 0 Å². The van der Waals surface area contributed by atoms with Crippen LogP contribution in [0.3, 0.4) is 0 Å². The first-order valence-corrected chi connectivity index (χ1v) is 7.45. The van der Waals surface area contributed by atoms with Crippen molar-refractivity contribution in [2.45, 2.75) is 31.8 Å². The number of aromatic nitrogens is 2. The zero-order valence-electron chi connectivity index (χ0n) is 12.3. The van der Waals surface area contributed by atoms with Gasteiger partial charge in [-0.05, 0) is 18.8 Å². The highest BCUT2D eigenvalue weighted by Crippen LogP contribution is 2.29. The summed E-state index contributed by atoms with van der Waals surface area (Å²) in [5, 5.41) is 9.49. The number of carbonyl (C=O) groups is 2. The molecule has 0 spiro atoms. The molecule has 3 heterocycles. The quantitative estimate of drug-likeness (QED) is 0.838. The number of imidazole rings is 1. The third kappa shape index (κ3) is 2.78. The lowest BCUT2D eigenvalue weighted by atomic mass is 9.96. The van der Waals surface area contributed by atoms with Crippen molar-refractivity contribution in [3.63, 3.8) is 0 Å². The second kappa shape index (κ2) is 5.96. The SMILES string of the molecule is NC(=O)N1Cc2ncn(CC3CCOCC3)c2C(C(=O)O)C1. The third-order valence-electron chi connectivity index (χ3n) is 4.44. The summed E-state index contributed by atoms with van der Waals surface area (Å²) in [6.07, 6.45) is 3.62. The molecule has 3 rings (SSSR count). The summed E-state index contributed by atoms with van der Waals surface area (Å²) in [7, 11) is 0. The molecule has 1 saturated heterocycles. The van der Waals surface area contributed by atoms with Gasteiger partial charge in [-0.2, -0.15) is 0 Å². The fourth-order valence-corrected chi connectivity index (χ4v) is 3.22. The normalized spacial score (nSPS) is 22.4. The maximum Gasteiger partial charge on any atom is 0.315 e. The van der Waals surface area contributed by atoms with Crippen LogP contribution in [0.2, 0.25) is 0 Å². The van der Waals surface area contributed by atoms with Crippen molar-refractivity contribution in [2.75, 3.05) is 19.8 Å². The first-order chi connectivity index (χ1) is 10.6. The Bertz CT molecular complexity index is 579. The average Bonchev–Trinajstić information content (AvgIpc) is 2.90. The smallest absolute Gasteiger partial charge is 0.315 e. The van der Waals surface area contributed by atoms with Gasteiger partial charge in [0.1, 0.15) is 5.92 Å². The topological polar surface area (TPSA) is 111 Å². The Morgan fingerprint density at radius 1 is 1.41 bits per heavy atom. The van der Waals surface area contributed by atoms with E-state index in [0.717, 1.165) is 32.6 Å². The monoisotopic (exact) mass is 308 g/mol. The fourth-order valence-electron chi connectivity index (χ4n) is 3.22. The number of carboxylic acid groups (broad SMARTS) is 1. The number of nitrogens with two attached hydrogens (primary N) is 1. The van der Waals surface area contributed by atoms with Crippen LogP contribution < -0.4 is 5.73 Å². The predicted molar refractivity (Wildman–Crippen MR) is 76.1 cm³/mol. The first-order valence-electron chi connectivity index (χ1n) is 7.45. The van der Waals surface area contributed by atoms with Gasteiger partial charge in [-0.3, -0.25) is 4.79 Å². The highest BCUT2D eigenvalue weighted by molar-refractivity contribution is 5.79. The molecule has 1 fully saturated rings. The third-order valence-corrected chi connectivity index (χ3v) is 4.44. The van der Waals surface area contributed by atoms with E-state index in [1.807, 2.05) is 4.57 Å². The van der Waals surface area contributed by atoms with E-state index in [1.165, 1.54) is 4.90 Å². The molecule has 1 aromatic rings. The standard InChI is InChI=1S/C14H20N4O4/c15-14(21)17-6-10(13(19)20)12-11(7-17)16-8-18(12)5-9-1-3-22-4-2-9/h8-10H,1-7H2,(H2,15,21)(H,19,20). The van der Waals surface area contributed by atoms with E-state index in [0.29, 0.717) is 17.3 Å². The fraction of sp³-hybridized carbons (Fsp3) is 0.643. The van der Waals surface area contributed by atoms with Gasteiger partial charge in [0, 0.05) is 26.3 Å². The summed E-state index contributed by atoms with van der Waals surface area (Å²) >= 11 is 0. The molecule has 8 nitrogen and oxygen atoms in total. The highest BCUT2D eigenvalue weighted by Gasteiger charge is 2.36. The molecule has 120 valence electrons. The van der Waals surface area contributed by atoms with Crippen LogP contribution in [0.4, 0.5) is 4.79 Å². The predicted octanol–water partition coefficient (Wildman–Crippen LogP) is 0.372. The number of urea groups is 1.